The van der Waals surface area contributed by atoms with E-state index in [0.29, 0.717) is 16.6 Å². The minimum atomic E-state index is 0.369. The van der Waals surface area contributed by atoms with Gasteiger partial charge in [-0.1, -0.05) is 23.2 Å². The summed E-state index contributed by atoms with van der Waals surface area (Å²) in [7, 11) is 0. The second-order valence-electron chi connectivity index (χ2n) is 3.22. The number of hydrogen-bond acceptors (Lipinski definition) is 3. The van der Waals surface area contributed by atoms with Crippen molar-refractivity contribution >= 4 is 23.2 Å². The summed E-state index contributed by atoms with van der Waals surface area (Å²) >= 11 is 12.0. The fraction of sp³-hybridized carbons (Fsp3) is 0.0909. The van der Waals surface area contributed by atoms with Gasteiger partial charge in [0.15, 0.2) is 0 Å². The summed E-state index contributed by atoms with van der Waals surface area (Å²) in [6.45, 7) is 0.369. The van der Waals surface area contributed by atoms with E-state index in [1.807, 2.05) is 0 Å². The van der Waals surface area contributed by atoms with Crippen molar-refractivity contribution in [3.63, 3.8) is 0 Å². The Morgan fingerprint density at radius 3 is 2.69 bits per heavy atom. The Kier molecular flexibility index (Phi) is 3.39. The Bertz CT molecular complexity index is 514. The standard InChI is InChI=1S/C11H9Cl2N3/c12-7-1-2-10(13)9(3-7)11-4-8(5-14)15-6-16-11/h1-4,6H,5,14H2. The van der Waals surface area contributed by atoms with E-state index in [9.17, 15) is 0 Å². The van der Waals surface area contributed by atoms with Gasteiger partial charge >= 0.3 is 0 Å². The molecule has 0 aliphatic heterocycles. The van der Waals surface area contributed by atoms with Crippen molar-refractivity contribution < 1.29 is 0 Å². The third kappa shape index (κ3) is 2.32. The predicted octanol–water partition coefficient (Wildman–Crippen LogP) is 2.91. The van der Waals surface area contributed by atoms with Crippen LogP contribution in [0.15, 0.2) is 30.6 Å². The molecule has 0 spiro atoms. The van der Waals surface area contributed by atoms with Crippen LogP contribution in [0.25, 0.3) is 11.3 Å². The Balaban J connectivity index is 2.53. The molecule has 0 unspecified atom stereocenters. The molecule has 2 rings (SSSR count). The van der Waals surface area contributed by atoms with Crippen LogP contribution < -0.4 is 5.73 Å². The van der Waals surface area contributed by atoms with Gasteiger partial charge in [-0.3, -0.25) is 0 Å². The Hall–Kier alpha value is -1.16. The second-order valence-corrected chi connectivity index (χ2v) is 4.07. The minimum absolute atomic E-state index is 0.369. The lowest BCUT2D eigenvalue weighted by molar-refractivity contribution is 0.966. The highest BCUT2D eigenvalue weighted by Crippen LogP contribution is 2.29. The number of nitrogens with zero attached hydrogens (tertiary/aromatic N) is 2. The van der Waals surface area contributed by atoms with E-state index < -0.39 is 0 Å². The fourth-order valence-corrected chi connectivity index (χ4v) is 1.74. The number of aromatic nitrogens is 2. The lowest BCUT2D eigenvalue weighted by Gasteiger charge is -2.05. The summed E-state index contributed by atoms with van der Waals surface area (Å²) in [4.78, 5) is 8.17. The van der Waals surface area contributed by atoms with Crippen LogP contribution in [0.3, 0.4) is 0 Å². The molecular formula is C11H9Cl2N3. The van der Waals surface area contributed by atoms with Gasteiger partial charge in [-0.15, -0.1) is 0 Å². The summed E-state index contributed by atoms with van der Waals surface area (Å²) in [6, 6.07) is 7.05. The Morgan fingerprint density at radius 2 is 1.94 bits per heavy atom. The van der Waals surface area contributed by atoms with Crippen LogP contribution in [0.1, 0.15) is 5.69 Å². The smallest absolute Gasteiger partial charge is 0.116 e. The van der Waals surface area contributed by atoms with E-state index in [1.165, 1.54) is 6.33 Å². The number of nitrogens with two attached hydrogens (primary N) is 1. The molecule has 1 aromatic heterocycles. The van der Waals surface area contributed by atoms with Gasteiger partial charge in [-0.05, 0) is 24.3 Å². The average molecular weight is 254 g/mol. The first-order chi connectivity index (χ1) is 7.70. The number of halogens is 2. The van der Waals surface area contributed by atoms with Crippen molar-refractivity contribution in [2.24, 2.45) is 5.73 Å². The van der Waals surface area contributed by atoms with Gasteiger partial charge in [0.05, 0.1) is 16.4 Å². The maximum absolute atomic E-state index is 6.08. The molecule has 0 saturated carbocycles. The summed E-state index contributed by atoms with van der Waals surface area (Å²) in [6.07, 6.45) is 1.47. The van der Waals surface area contributed by atoms with Crippen molar-refractivity contribution in [1.29, 1.82) is 0 Å². The van der Waals surface area contributed by atoms with Gasteiger partial charge in [0.1, 0.15) is 6.33 Å². The lowest BCUT2D eigenvalue weighted by atomic mass is 10.1. The van der Waals surface area contributed by atoms with Gasteiger partial charge in [0.2, 0.25) is 0 Å². The first-order valence-electron chi connectivity index (χ1n) is 4.67. The molecule has 0 atom stereocenters. The van der Waals surface area contributed by atoms with Crippen molar-refractivity contribution in [2.75, 3.05) is 0 Å². The monoisotopic (exact) mass is 253 g/mol. The van der Waals surface area contributed by atoms with Crippen molar-refractivity contribution in [1.82, 2.24) is 9.97 Å². The van der Waals surface area contributed by atoms with Gasteiger partial charge < -0.3 is 5.73 Å². The van der Waals surface area contributed by atoms with E-state index in [2.05, 4.69) is 9.97 Å². The van der Waals surface area contributed by atoms with E-state index in [0.717, 1.165) is 17.0 Å². The van der Waals surface area contributed by atoms with Gasteiger partial charge in [-0.2, -0.15) is 0 Å². The Labute approximate surface area is 103 Å². The predicted molar refractivity (Wildman–Crippen MR) is 65.4 cm³/mol. The molecule has 2 aromatic rings. The Morgan fingerprint density at radius 1 is 1.12 bits per heavy atom. The molecule has 0 saturated heterocycles. The SMILES string of the molecule is NCc1cc(-c2cc(Cl)ccc2Cl)ncn1. The topological polar surface area (TPSA) is 51.8 Å². The summed E-state index contributed by atoms with van der Waals surface area (Å²) in [5.74, 6) is 0. The average Bonchev–Trinajstić information content (AvgIpc) is 2.32. The normalized spacial score (nSPS) is 10.4. The van der Waals surface area contributed by atoms with Crippen LogP contribution in [-0.2, 0) is 6.54 Å². The van der Waals surface area contributed by atoms with Gasteiger partial charge in [0.25, 0.3) is 0 Å². The molecule has 0 aliphatic carbocycles. The molecule has 5 heteroatoms. The molecule has 0 radical (unpaired) electrons. The van der Waals surface area contributed by atoms with E-state index in [-0.39, 0.29) is 0 Å². The fourth-order valence-electron chi connectivity index (χ4n) is 1.35. The second kappa shape index (κ2) is 4.78. The number of hydrogen-bond donors (Lipinski definition) is 1. The van der Waals surface area contributed by atoms with E-state index in [1.54, 1.807) is 24.3 Å². The molecule has 1 heterocycles. The first-order valence-corrected chi connectivity index (χ1v) is 5.42. The summed E-state index contributed by atoms with van der Waals surface area (Å²) < 4.78 is 0. The highest BCUT2D eigenvalue weighted by molar-refractivity contribution is 6.35. The molecule has 3 nitrogen and oxygen atoms in total. The van der Waals surface area contributed by atoms with Crippen LogP contribution in [0, 0.1) is 0 Å². The zero-order chi connectivity index (χ0) is 11.5. The van der Waals surface area contributed by atoms with Crippen LogP contribution in [0.4, 0.5) is 0 Å². The molecule has 0 amide bonds. The quantitative estimate of drug-likeness (QED) is 0.896. The van der Waals surface area contributed by atoms with Crippen molar-refractivity contribution in [2.45, 2.75) is 6.54 Å². The zero-order valence-electron chi connectivity index (χ0n) is 8.32. The minimum Gasteiger partial charge on any atom is -0.325 e. The number of rotatable bonds is 2. The summed E-state index contributed by atoms with van der Waals surface area (Å²) in [5.41, 5.74) is 7.79. The zero-order valence-corrected chi connectivity index (χ0v) is 9.83. The molecule has 0 bridgehead atoms. The van der Waals surface area contributed by atoms with Crippen molar-refractivity contribution in [3.05, 3.63) is 46.3 Å². The third-order valence-electron chi connectivity index (χ3n) is 2.14. The molecular weight excluding hydrogens is 245 g/mol. The first kappa shape index (κ1) is 11.3. The highest BCUT2D eigenvalue weighted by atomic mass is 35.5. The van der Waals surface area contributed by atoms with E-state index >= 15 is 0 Å². The van der Waals surface area contributed by atoms with Gasteiger partial charge in [-0.25, -0.2) is 9.97 Å². The largest absolute Gasteiger partial charge is 0.325 e. The highest BCUT2D eigenvalue weighted by Gasteiger charge is 2.06. The van der Waals surface area contributed by atoms with Crippen molar-refractivity contribution in [3.8, 4) is 11.3 Å². The maximum atomic E-state index is 6.08. The molecule has 16 heavy (non-hydrogen) atoms. The van der Waals surface area contributed by atoms with Gasteiger partial charge in [0, 0.05) is 17.1 Å². The molecule has 0 fully saturated rings. The molecule has 82 valence electrons. The lowest BCUT2D eigenvalue weighted by Crippen LogP contribution is -2.00. The van der Waals surface area contributed by atoms with Crippen LogP contribution in [0.2, 0.25) is 10.0 Å². The van der Waals surface area contributed by atoms with E-state index in [4.69, 9.17) is 28.9 Å². The van der Waals surface area contributed by atoms with Crippen LogP contribution >= 0.6 is 23.2 Å². The van der Waals surface area contributed by atoms with Crippen LogP contribution in [0.5, 0.6) is 0 Å². The third-order valence-corrected chi connectivity index (χ3v) is 2.70. The number of benzene rings is 1. The summed E-state index contributed by atoms with van der Waals surface area (Å²) in [5, 5.41) is 1.22. The molecule has 0 aliphatic rings. The maximum Gasteiger partial charge on any atom is 0.116 e. The molecule has 1 aromatic carbocycles. The molecule has 2 N–H and O–H groups in total. The van der Waals surface area contributed by atoms with Crippen LogP contribution in [-0.4, -0.2) is 9.97 Å².